The van der Waals surface area contributed by atoms with E-state index < -0.39 is 0 Å². The molecule has 4 heteroatoms. The van der Waals surface area contributed by atoms with E-state index in [1.807, 2.05) is 29.9 Å². The second-order valence-electron chi connectivity index (χ2n) is 4.09. The molecule has 0 radical (unpaired) electrons. The number of aromatic nitrogens is 1. The van der Waals surface area contributed by atoms with Gasteiger partial charge in [0.25, 0.3) is 0 Å². The molecule has 1 unspecified atom stereocenters. The summed E-state index contributed by atoms with van der Waals surface area (Å²) in [5, 5.41) is 4.35. The van der Waals surface area contributed by atoms with E-state index in [0.29, 0.717) is 0 Å². The van der Waals surface area contributed by atoms with Crippen LogP contribution < -0.4 is 5.73 Å². The van der Waals surface area contributed by atoms with Crippen molar-refractivity contribution in [1.29, 1.82) is 0 Å². The van der Waals surface area contributed by atoms with Crippen molar-refractivity contribution in [2.24, 2.45) is 5.73 Å². The van der Waals surface area contributed by atoms with Crippen molar-refractivity contribution < 1.29 is 0 Å². The Balaban J connectivity index is 2.14. The third-order valence-electron chi connectivity index (χ3n) is 2.93. The van der Waals surface area contributed by atoms with E-state index in [4.69, 9.17) is 5.73 Å². The maximum Gasteiger partial charge on any atom is 0.0667 e. The molecule has 0 aliphatic heterocycles. The Bertz CT molecular complexity index is 688. The lowest BCUT2D eigenvalue weighted by Crippen LogP contribution is -2.11. The lowest BCUT2D eigenvalue weighted by Gasteiger charge is -2.12. The molecule has 0 saturated carbocycles. The minimum absolute atomic E-state index is 0.125. The molecule has 0 aliphatic carbocycles. The van der Waals surface area contributed by atoms with Gasteiger partial charge in [0.05, 0.1) is 6.04 Å². The number of pyridine rings is 1. The minimum atomic E-state index is -0.125. The van der Waals surface area contributed by atoms with Gasteiger partial charge in [-0.3, -0.25) is 4.98 Å². The largest absolute Gasteiger partial charge is 0.320 e. The molecule has 90 valence electrons. The molecule has 0 fully saturated rings. The van der Waals surface area contributed by atoms with Crippen LogP contribution in [-0.4, -0.2) is 4.98 Å². The lowest BCUT2D eigenvalue weighted by molar-refractivity contribution is 0.895. The van der Waals surface area contributed by atoms with Gasteiger partial charge < -0.3 is 5.73 Å². The Morgan fingerprint density at radius 3 is 2.83 bits per heavy atom. The number of nitrogens with two attached hydrogens (primary N) is 1. The lowest BCUT2D eigenvalue weighted by atomic mass is 10.0. The van der Waals surface area contributed by atoms with Gasteiger partial charge in [-0.15, -0.1) is 11.3 Å². The normalized spacial score (nSPS) is 12.8. The average molecular weight is 319 g/mol. The number of thiophene rings is 1. The van der Waals surface area contributed by atoms with Crippen LogP contribution in [0, 0.1) is 0 Å². The van der Waals surface area contributed by atoms with Gasteiger partial charge in [0, 0.05) is 38.1 Å². The topological polar surface area (TPSA) is 38.9 Å². The summed E-state index contributed by atoms with van der Waals surface area (Å²) in [6, 6.07) is 10.1. The highest BCUT2D eigenvalue weighted by Gasteiger charge is 2.14. The third kappa shape index (κ3) is 2.07. The van der Waals surface area contributed by atoms with Crippen molar-refractivity contribution in [2.75, 3.05) is 0 Å². The summed E-state index contributed by atoms with van der Waals surface area (Å²) in [5.41, 5.74) is 7.42. The van der Waals surface area contributed by atoms with Crippen LogP contribution in [-0.2, 0) is 0 Å². The summed E-state index contributed by atoms with van der Waals surface area (Å²) >= 11 is 5.12. The second kappa shape index (κ2) is 4.80. The van der Waals surface area contributed by atoms with Crippen LogP contribution in [0.2, 0.25) is 0 Å². The van der Waals surface area contributed by atoms with Crippen molar-refractivity contribution in [2.45, 2.75) is 6.04 Å². The first-order valence-corrected chi connectivity index (χ1v) is 7.25. The van der Waals surface area contributed by atoms with Crippen molar-refractivity contribution in [3.05, 3.63) is 63.0 Å². The molecular weight excluding hydrogens is 308 g/mol. The Morgan fingerprint density at radius 2 is 2.06 bits per heavy atom. The predicted molar refractivity (Wildman–Crippen MR) is 79.8 cm³/mol. The number of benzene rings is 1. The first-order valence-electron chi connectivity index (χ1n) is 5.58. The van der Waals surface area contributed by atoms with Crippen LogP contribution in [0.25, 0.3) is 10.8 Å². The van der Waals surface area contributed by atoms with E-state index in [-0.39, 0.29) is 6.04 Å². The van der Waals surface area contributed by atoms with Crippen molar-refractivity contribution >= 4 is 38.0 Å². The van der Waals surface area contributed by atoms with Gasteiger partial charge in [-0.1, -0.05) is 24.3 Å². The summed E-state index contributed by atoms with van der Waals surface area (Å²) in [6.07, 6.45) is 3.73. The number of hydrogen-bond donors (Lipinski definition) is 1. The SMILES string of the molecule is NC(c1cc(Br)cs1)c1cncc2ccccc12. The zero-order valence-corrected chi connectivity index (χ0v) is 11.9. The quantitative estimate of drug-likeness (QED) is 0.772. The van der Waals surface area contributed by atoms with Crippen LogP contribution in [0.3, 0.4) is 0 Å². The monoisotopic (exact) mass is 318 g/mol. The highest BCUT2D eigenvalue weighted by atomic mass is 79.9. The molecule has 1 aromatic carbocycles. The molecule has 0 spiro atoms. The summed E-state index contributed by atoms with van der Waals surface area (Å²) in [4.78, 5) is 5.42. The first-order chi connectivity index (χ1) is 8.75. The molecule has 0 bridgehead atoms. The molecule has 0 amide bonds. The number of fused-ring (bicyclic) bond motifs is 1. The van der Waals surface area contributed by atoms with Gasteiger partial charge in [0.15, 0.2) is 0 Å². The Hall–Kier alpha value is -1.23. The Labute approximate surface area is 118 Å². The van der Waals surface area contributed by atoms with Crippen molar-refractivity contribution in [3.63, 3.8) is 0 Å². The van der Waals surface area contributed by atoms with E-state index in [2.05, 4.69) is 39.1 Å². The summed E-state index contributed by atoms with van der Waals surface area (Å²) in [6.45, 7) is 0. The van der Waals surface area contributed by atoms with Crippen LogP contribution in [0.4, 0.5) is 0 Å². The Kier molecular flexibility index (Phi) is 3.16. The molecular formula is C14H11BrN2S. The maximum absolute atomic E-state index is 6.35. The molecule has 18 heavy (non-hydrogen) atoms. The molecule has 1 atom stereocenters. The fraction of sp³-hybridized carbons (Fsp3) is 0.0714. The molecule has 2 N–H and O–H groups in total. The molecule has 3 rings (SSSR count). The van der Waals surface area contributed by atoms with Crippen molar-refractivity contribution in [3.8, 4) is 0 Å². The average Bonchev–Trinajstić information content (AvgIpc) is 2.84. The number of rotatable bonds is 2. The number of hydrogen-bond acceptors (Lipinski definition) is 3. The minimum Gasteiger partial charge on any atom is -0.320 e. The molecule has 2 nitrogen and oxygen atoms in total. The maximum atomic E-state index is 6.35. The second-order valence-corrected chi connectivity index (χ2v) is 5.95. The third-order valence-corrected chi connectivity index (χ3v) is 4.70. The van der Waals surface area contributed by atoms with Crippen LogP contribution >= 0.6 is 27.3 Å². The van der Waals surface area contributed by atoms with Crippen LogP contribution in [0.5, 0.6) is 0 Å². The van der Waals surface area contributed by atoms with Crippen molar-refractivity contribution in [1.82, 2.24) is 4.98 Å². The van der Waals surface area contributed by atoms with Crippen LogP contribution in [0.1, 0.15) is 16.5 Å². The van der Waals surface area contributed by atoms with Gasteiger partial charge in [-0.05, 0) is 27.4 Å². The van der Waals surface area contributed by atoms with E-state index in [1.165, 1.54) is 5.39 Å². The molecule has 2 heterocycles. The molecule has 3 aromatic rings. The number of halogens is 1. The highest BCUT2D eigenvalue weighted by Crippen LogP contribution is 2.31. The summed E-state index contributed by atoms with van der Waals surface area (Å²) in [5.74, 6) is 0. The van der Waals surface area contributed by atoms with Gasteiger partial charge in [-0.2, -0.15) is 0 Å². The molecule has 2 aromatic heterocycles. The van der Waals surface area contributed by atoms with Gasteiger partial charge in [0.2, 0.25) is 0 Å². The highest BCUT2D eigenvalue weighted by molar-refractivity contribution is 9.10. The van der Waals surface area contributed by atoms with E-state index in [0.717, 1.165) is 20.3 Å². The van der Waals surface area contributed by atoms with E-state index >= 15 is 0 Å². The van der Waals surface area contributed by atoms with E-state index in [1.54, 1.807) is 11.3 Å². The van der Waals surface area contributed by atoms with Gasteiger partial charge in [0.1, 0.15) is 0 Å². The first kappa shape index (κ1) is 11.8. The van der Waals surface area contributed by atoms with Gasteiger partial charge >= 0.3 is 0 Å². The predicted octanol–water partition coefficient (Wildman–Crippen LogP) is 4.11. The zero-order valence-electron chi connectivity index (χ0n) is 9.51. The zero-order chi connectivity index (χ0) is 12.5. The smallest absolute Gasteiger partial charge is 0.0667 e. The standard InChI is InChI=1S/C14H11BrN2S/c15-10-5-13(18-8-10)14(16)12-7-17-6-9-3-1-2-4-11(9)12/h1-8,14H,16H2. The Morgan fingerprint density at radius 1 is 1.22 bits per heavy atom. The molecule has 0 saturated heterocycles. The van der Waals surface area contributed by atoms with Gasteiger partial charge in [-0.25, -0.2) is 0 Å². The summed E-state index contributed by atoms with van der Waals surface area (Å²) < 4.78 is 1.08. The fourth-order valence-electron chi connectivity index (χ4n) is 2.03. The fourth-order valence-corrected chi connectivity index (χ4v) is 3.50. The molecule has 0 aliphatic rings. The number of nitrogens with zero attached hydrogens (tertiary/aromatic N) is 1. The van der Waals surface area contributed by atoms with Crippen LogP contribution in [0.15, 0.2) is 52.6 Å². The summed E-state index contributed by atoms with van der Waals surface area (Å²) in [7, 11) is 0. The van der Waals surface area contributed by atoms with E-state index in [9.17, 15) is 0 Å².